The summed E-state index contributed by atoms with van der Waals surface area (Å²) < 4.78 is 0. The van der Waals surface area contributed by atoms with Crippen molar-refractivity contribution in [2.75, 3.05) is 39.3 Å². The predicted molar refractivity (Wildman–Crippen MR) is 91.5 cm³/mol. The predicted octanol–water partition coefficient (Wildman–Crippen LogP) is 3.21. The number of nitrogens with zero attached hydrogens (tertiary/aromatic N) is 2. The average Bonchev–Trinajstić information content (AvgIpc) is 2.45. The lowest BCUT2D eigenvalue weighted by atomic mass is 10.1. The van der Waals surface area contributed by atoms with E-state index in [1.54, 1.807) is 0 Å². The van der Waals surface area contributed by atoms with E-state index in [4.69, 9.17) is 0 Å². The van der Waals surface area contributed by atoms with E-state index in [0.29, 0.717) is 12.1 Å². The molecule has 0 saturated carbocycles. The lowest BCUT2D eigenvalue weighted by molar-refractivity contribution is 0.182. The fraction of sp³-hybridized carbons (Fsp3) is 1.00. The normalized spacial score (nSPS) is 15.0. The van der Waals surface area contributed by atoms with Crippen LogP contribution in [0.5, 0.6) is 0 Å². The van der Waals surface area contributed by atoms with Crippen LogP contribution in [0.1, 0.15) is 60.8 Å². The molecule has 20 heavy (non-hydrogen) atoms. The molecule has 3 nitrogen and oxygen atoms in total. The minimum Gasteiger partial charge on any atom is -0.314 e. The van der Waals surface area contributed by atoms with E-state index in [1.165, 1.54) is 52.0 Å². The first-order valence-electron chi connectivity index (χ1n) is 8.78. The molecule has 0 spiro atoms. The zero-order chi connectivity index (χ0) is 15.4. The summed E-state index contributed by atoms with van der Waals surface area (Å²) >= 11 is 0. The smallest absolute Gasteiger partial charge is 0.00815 e. The van der Waals surface area contributed by atoms with Crippen molar-refractivity contribution in [3.8, 4) is 0 Å². The summed E-state index contributed by atoms with van der Waals surface area (Å²) in [5.74, 6) is 0. The Balaban J connectivity index is 3.98. The molecule has 0 aliphatic carbocycles. The molecule has 0 aromatic heterocycles. The molecule has 0 radical (unpaired) electrons. The third-order valence-corrected chi connectivity index (χ3v) is 4.28. The Kier molecular flexibility index (Phi) is 12.5. The first-order valence-corrected chi connectivity index (χ1v) is 8.78. The highest BCUT2D eigenvalue weighted by atomic mass is 15.2. The maximum absolute atomic E-state index is 3.60. The van der Waals surface area contributed by atoms with Crippen LogP contribution in [0.4, 0.5) is 0 Å². The number of hydrogen-bond donors (Lipinski definition) is 1. The van der Waals surface area contributed by atoms with E-state index in [1.807, 2.05) is 0 Å². The van der Waals surface area contributed by atoms with Crippen molar-refractivity contribution in [1.29, 1.82) is 0 Å². The fourth-order valence-corrected chi connectivity index (χ4v) is 2.86. The highest BCUT2D eigenvalue weighted by Gasteiger charge is 2.15. The second kappa shape index (κ2) is 12.6. The molecule has 0 saturated heterocycles. The van der Waals surface area contributed by atoms with Gasteiger partial charge in [0.1, 0.15) is 0 Å². The van der Waals surface area contributed by atoms with Gasteiger partial charge in [-0.3, -0.25) is 0 Å². The molecule has 0 bridgehead atoms. The molecule has 0 rings (SSSR count). The molecule has 122 valence electrons. The summed E-state index contributed by atoms with van der Waals surface area (Å²) in [5.41, 5.74) is 0. The van der Waals surface area contributed by atoms with Crippen molar-refractivity contribution < 1.29 is 0 Å². The molecule has 0 aromatic rings. The van der Waals surface area contributed by atoms with E-state index in [0.717, 1.165) is 6.54 Å². The molecule has 1 N–H and O–H groups in total. The van der Waals surface area contributed by atoms with Crippen molar-refractivity contribution >= 4 is 0 Å². The quantitative estimate of drug-likeness (QED) is 0.560. The number of rotatable bonds is 13. The van der Waals surface area contributed by atoms with Gasteiger partial charge in [-0.1, -0.05) is 27.7 Å². The Hall–Kier alpha value is -0.120. The van der Waals surface area contributed by atoms with Gasteiger partial charge in [-0.05, 0) is 72.4 Å². The maximum atomic E-state index is 3.60. The van der Waals surface area contributed by atoms with Gasteiger partial charge in [-0.2, -0.15) is 0 Å². The Morgan fingerprint density at radius 1 is 0.900 bits per heavy atom. The van der Waals surface area contributed by atoms with Gasteiger partial charge in [0.15, 0.2) is 0 Å². The van der Waals surface area contributed by atoms with Crippen molar-refractivity contribution in [1.82, 2.24) is 15.1 Å². The largest absolute Gasteiger partial charge is 0.314 e. The average molecular weight is 286 g/mol. The van der Waals surface area contributed by atoms with Crippen LogP contribution in [-0.4, -0.2) is 61.2 Å². The Morgan fingerprint density at radius 3 is 2.05 bits per heavy atom. The summed E-state index contributed by atoms with van der Waals surface area (Å²) in [6.07, 6.45) is 3.76. The number of nitrogens with one attached hydrogen (secondary N) is 1. The summed E-state index contributed by atoms with van der Waals surface area (Å²) in [6.45, 7) is 20.9. The standard InChI is InChI=1S/C17H39N3/c1-7-12-18-16(5)15-17(6)20(10-4)14-11-13-19(8-2)9-3/h16-18H,7-15H2,1-6H3. The van der Waals surface area contributed by atoms with Gasteiger partial charge in [-0.25, -0.2) is 0 Å². The van der Waals surface area contributed by atoms with Crippen LogP contribution in [0.15, 0.2) is 0 Å². The van der Waals surface area contributed by atoms with Gasteiger partial charge in [0, 0.05) is 12.1 Å². The molecule has 0 aromatic carbocycles. The van der Waals surface area contributed by atoms with Crippen LogP contribution in [0.3, 0.4) is 0 Å². The van der Waals surface area contributed by atoms with Crippen LogP contribution in [-0.2, 0) is 0 Å². The van der Waals surface area contributed by atoms with Gasteiger partial charge in [-0.15, -0.1) is 0 Å². The molecule has 2 atom stereocenters. The Bertz CT molecular complexity index is 204. The van der Waals surface area contributed by atoms with Crippen molar-refractivity contribution in [3.63, 3.8) is 0 Å². The Morgan fingerprint density at radius 2 is 1.55 bits per heavy atom. The van der Waals surface area contributed by atoms with E-state index in [2.05, 4.69) is 56.7 Å². The second-order valence-electron chi connectivity index (χ2n) is 5.95. The van der Waals surface area contributed by atoms with Crippen LogP contribution in [0.2, 0.25) is 0 Å². The summed E-state index contributed by atoms with van der Waals surface area (Å²) in [7, 11) is 0. The molecule has 0 heterocycles. The highest BCUT2D eigenvalue weighted by molar-refractivity contribution is 4.73. The lowest BCUT2D eigenvalue weighted by Crippen LogP contribution is -2.40. The van der Waals surface area contributed by atoms with Crippen molar-refractivity contribution in [3.05, 3.63) is 0 Å². The molecular formula is C17H39N3. The fourth-order valence-electron chi connectivity index (χ4n) is 2.86. The van der Waals surface area contributed by atoms with Crippen LogP contribution in [0, 0.1) is 0 Å². The van der Waals surface area contributed by atoms with Gasteiger partial charge >= 0.3 is 0 Å². The summed E-state index contributed by atoms with van der Waals surface area (Å²) in [6, 6.07) is 1.30. The Labute approximate surface area is 128 Å². The van der Waals surface area contributed by atoms with E-state index < -0.39 is 0 Å². The van der Waals surface area contributed by atoms with Crippen LogP contribution in [0.25, 0.3) is 0 Å². The van der Waals surface area contributed by atoms with Crippen molar-refractivity contribution in [2.45, 2.75) is 72.9 Å². The van der Waals surface area contributed by atoms with Crippen molar-refractivity contribution in [2.24, 2.45) is 0 Å². The molecule has 0 aliphatic heterocycles. The van der Waals surface area contributed by atoms with Gasteiger partial charge in [0.2, 0.25) is 0 Å². The molecule has 3 heteroatoms. The van der Waals surface area contributed by atoms with E-state index in [9.17, 15) is 0 Å². The molecule has 0 fully saturated rings. The minimum absolute atomic E-state index is 0.627. The SMILES string of the molecule is CCCNC(C)CC(C)N(CC)CCCN(CC)CC. The van der Waals surface area contributed by atoms with Gasteiger partial charge in [0.25, 0.3) is 0 Å². The van der Waals surface area contributed by atoms with E-state index in [-0.39, 0.29) is 0 Å². The first-order chi connectivity index (χ1) is 9.58. The second-order valence-corrected chi connectivity index (χ2v) is 5.95. The minimum atomic E-state index is 0.627. The number of hydrogen-bond acceptors (Lipinski definition) is 3. The van der Waals surface area contributed by atoms with E-state index >= 15 is 0 Å². The lowest BCUT2D eigenvalue weighted by Gasteiger charge is -2.31. The van der Waals surface area contributed by atoms with Gasteiger partial charge < -0.3 is 15.1 Å². The zero-order valence-corrected chi connectivity index (χ0v) is 14.9. The van der Waals surface area contributed by atoms with Gasteiger partial charge in [0.05, 0.1) is 0 Å². The third kappa shape index (κ3) is 8.93. The highest BCUT2D eigenvalue weighted by Crippen LogP contribution is 2.08. The monoisotopic (exact) mass is 285 g/mol. The molecule has 2 unspecified atom stereocenters. The van der Waals surface area contributed by atoms with Crippen LogP contribution < -0.4 is 5.32 Å². The molecule has 0 aliphatic rings. The maximum Gasteiger partial charge on any atom is 0.00815 e. The third-order valence-electron chi connectivity index (χ3n) is 4.28. The van der Waals surface area contributed by atoms with Crippen LogP contribution >= 0.6 is 0 Å². The first kappa shape index (κ1) is 19.9. The summed E-state index contributed by atoms with van der Waals surface area (Å²) in [4.78, 5) is 5.15. The molecule has 0 amide bonds. The molecular weight excluding hydrogens is 246 g/mol. The summed E-state index contributed by atoms with van der Waals surface area (Å²) in [5, 5.41) is 3.60. The topological polar surface area (TPSA) is 18.5 Å². The zero-order valence-electron chi connectivity index (χ0n) is 14.9.